The van der Waals surface area contributed by atoms with Gasteiger partial charge in [0, 0.05) is 22.6 Å². The van der Waals surface area contributed by atoms with Gasteiger partial charge in [-0.05, 0) is 20.8 Å². The molecule has 0 aliphatic heterocycles. The van der Waals surface area contributed by atoms with Gasteiger partial charge >= 0.3 is 17.9 Å². The first-order chi connectivity index (χ1) is 12.3. The zero-order valence-corrected chi connectivity index (χ0v) is 15.9. The van der Waals surface area contributed by atoms with Crippen LogP contribution in [0.5, 0.6) is 0 Å². The molecule has 27 heavy (non-hydrogen) atoms. The second-order valence-electron chi connectivity index (χ2n) is 4.99. The van der Waals surface area contributed by atoms with Crippen LogP contribution in [0, 0.1) is 5.92 Å². The van der Waals surface area contributed by atoms with Crippen molar-refractivity contribution in [2.45, 2.75) is 20.8 Å². The maximum atomic E-state index is 9.60. The number of carboxylic acid groups (broad SMARTS) is 3. The molecule has 0 aromatic heterocycles. The van der Waals surface area contributed by atoms with E-state index in [4.69, 9.17) is 30.6 Å². The average Bonchev–Trinajstić information content (AvgIpc) is 2.57. The molecule has 9 heteroatoms. The van der Waals surface area contributed by atoms with E-state index < -0.39 is 17.9 Å². The Bertz CT molecular complexity index is 422. The van der Waals surface area contributed by atoms with Gasteiger partial charge < -0.3 is 30.6 Å². The van der Waals surface area contributed by atoms with Crippen LogP contribution in [0.4, 0.5) is 0 Å². The molecule has 0 aliphatic rings. The fourth-order valence-corrected chi connectivity index (χ4v) is 0.433. The summed E-state index contributed by atoms with van der Waals surface area (Å²) in [5.41, 5.74) is 0.528. The summed E-state index contributed by atoms with van der Waals surface area (Å²) in [7, 11) is 0. The molecule has 0 unspecified atom stereocenters. The first-order valence-electron chi connectivity index (χ1n) is 7.43. The highest BCUT2D eigenvalue weighted by Crippen LogP contribution is 1.93. The number of hydrogen-bond acceptors (Lipinski definition) is 6. The van der Waals surface area contributed by atoms with Crippen molar-refractivity contribution >= 4 is 17.9 Å². The second kappa shape index (κ2) is 21.3. The van der Waals surface area contributed by atoms with Crippen molar-refractivity contribution < 1.29 is 45.0 Å². The highest BCUT2D eigenvalue weighted by molar-refractivity contribution is 5.85. The molecule has 0 atom stereocenters. The fourth-order valence-electron chi connectivity index (χ4n) is 0.433. The molecule has 0 fully saturated rings. The van der Waals surface area contributed by atoms with Gasteiger partial charge in [0.25, 0.3) is 0 Å². The minimum atomic E-state index is -0.935. The molecule has 0 aromatic carbocycles. The van der Waals surface area contributed by atoms with Crippen LogP contribution in [0.1, 0.15) is 20.8 Å². The quantitative estimate of drug-likeness (QED) is 0.274. The summed E-state index contributed by atoms with van der Waals surface area (Å²) in [5, 5.41) is 48.8. The first-order valence-corrected chi connectivity index (χ1v) is 7.43. The maximum Gasteiger partial charge on any atom is 0.330 e. The molecule has 0 rings (SSSR count). The Labute approximate surface area is 158 Å². The van der Waals surface area contributed by atoms with Gasteiger partial charge in [-0.3, -0.25) is 0 Å². The fraction of sp³-hybridized carbons (Fsp3) is 0.389. The zero-order chi connectivity index (χ0) is 22.6. The smallest absolute Gasteiger partial charge is 0.330 e. The molecule has 0 saturated heterocycles. The van der Waals surface area contributed by atoms with E-state index in [-0.39, 0.29) is 42.5 Å². The van der Waals surface area contributed by atoms with Crippen LogP contribution in [-0.2, 0) is 14.4 Å². The molecular formula is C18H30O9. The third-order valence-corrected chi connectivity index (χ3v) is 2.08. The Kier molecular flexibility index (Phi) is 25.2. The lowest BCUT2D eigenvalue weighted by molar-refractivity contribution is -0.133. The lowest BCUT2D eigenvalue weighted by atomic mass is 10.1. The van der Waals surface area contributed by atoms with Crippen LogP contribution in [0.2, 0.25) is 0 Å². The minimum absolute atomic E-state index is 0.0451. The van der Waals surface area contributed by atoms with E-state index in [0.717, 1.165) is 0 Å². The van der Waals surface area contributed by atoms with Gasteiger partial charge in [-0.15, -0.1) is 0 Å². The third kappa shape index (κ3) is 35.3. The van der Waals surface area contributed by atoms with Crippen LogP contribution >= 0.6 is 0 Å². The maximum absolute atomic E-state index is 9.60. The Hall–Kier alpha value is -2.75. The Morgan fingerprint density at radius 1 is 0.741 bits per heavy atom. The van der Waals surface area contributed by atoms with Gasteiger partial charge in [0.2, 0.25) is 0 Å². The normalized spacial score (nSPS) is 8.85. The molecule has 0 aromatic rings. The van der Waals surface area contributed by atoms with Crippen LogP contribution < -0.4 is 0 Å². The Balaban J connectivity index is -0.000000133. The molecule has 0 heterocycles. The average molecular weight is 390 g/mol. The summed E-state index contributed by atoms with van der Waals surface area (Å²) >= 11 is 0. The van der Waals surface area contributed by atoms with Gasteiger partial charge in [-0.1, -0.05) is 31.9 Å². The molecule has 0 radical (unpaired) electrons. The molecule has 156 valence electrons. The monoisotopic (exact) mass is 390 g/mol. The van der Waals surface area contributed by atoms with E-state index in [1.54, 1.807) is 6.08 Å². The molecule has 0 spiro atoms. The summed E-state index contributed by atoms with van der Waals surface area (Å²) in [6.45, 7) is 13.6. The number of aliphatic hydroxyl groups excluding tert-OH is 3. The van der Waals surface area contributed by atoms with E-state index in [1.165, 1.54) is 26.8 Å². The van der Waals surface area contributed by atoms with E-state index in [1.807, 2.05) is 0 Å². The predicted molar refractivity (Wildman–Crippen MR) is 101 cm³/mol. The van der Waals surface area contributed by atoms with E-state index >= 15 is 0 Å². The second-order valence-corrected chi connectivity index (χ2v) is 4.99. The summed E-state index contributed by atoms with van der Waals surface area (Å²) in [6, 6.07) is 0. The third-order valence-electron chi connectivity index (χ3n) is 2.08. The lowest BCUT2D eigenvalue weighted by Gasteiger charge is -2.01. The van der Waals surface area contributed by atoms with Crippen LogP contribution in [-0.4, -0.2) is 68.4 Å². The van der Waals surface area contributed by atoms with Gasteiger partial charge in [0.1, 0.15) is 0 Å². The van der Waals surface area contributed by atoms with E-state index in [0.29, 0.717) is 0 Å². The van der Waals surface area contributed by atoms with Crippen molar-refractivity contribution in [1.82, 2.24) is 0 Å². The van der Waals surface area contributed by atoms with Crippen molar-refractivity contribution in [3.63, 3.8) is 0 Å². The zero-order valence-electron chi connectivity index (χ0n) is 15.9. The van der Waals surface area contributed by atoms with Gasteiger partial charge in [0.15, 0.2) is 0 Å². The Morgan fingerprint density at radius 2 is 0.963 bits per heavy atom. The molecular weight excluding hydrogens is 360 g/mol. The first kappa shape index (κ1) is 32.0. The van der Waals surface area contributed by atoms with Gasteiger partial charge in [-0.25, -0.2) is 14.4 Å². The van der Waals surface area contributed by atoms with Crippen molar-refractivity contribution in [2.75, 3.05) is 19.8 Å². The highest BCUT2D eigenvalue weighted by Gasteiger charge is 1.97. The largest absolute Gasteiger partial charge is 0.478 e. The van der Waals surface area contributed by atoms with Crippen LogP contribution in [0.3, 0.4) is 0 Å². The van der Waals surface area contributed by atoms with Crippen molar-refractivity contribution in [2.24, 2.45) is 5.92 Å². The predicted octanol–water partition coefficient (Wildman–Crippen LogP) is 1.08. The number of carboxylic acids is 3. The summed E-state index contributed by atoms with van der Waals surface area (Å²) in [6.07, 6.45) is 3.08. The van der Waals surface area contributed by atoms with Gasteiger partial charge in [-0.2, -0.15) is 0 Å². The molecule has 0 amide bonds. The molecule has 9 nitrogen and oxygen atoms in total. The number of aliphatic carboxylic acids is 3. The SMILES string of the molecule is C=C(C)C(=O)O.C=C(C)C(=O)O.C=C(C)C(=O)O.OCC=CC(CO)CO. The Morgan fingerprint density at radius 3 is 1.07 bits per heavy atom. The summed E-state index contributed by atoms with van der Waals surface area (Å²) in [4.78, 5) is 28.8. The molecule has 0 bridgehead atoms. The molecule has 0 saturated carbocycles. The topological polar surface area (TPSA) is 173 Å². The van der Waals surface area contributed by atoms with E-state index in [9.17, 15) is 14.4 Å². The van der Waals surface area contributed by atoms with E-state index in [2.05, 4.69) is 19.7 Å². The van der Waals surface area contributed by atoms with Crippen molar-refractivity contribution in [3.05, 3.63) is 48.6 Å². The lowest BCUT2D eigenvalue weighted by Crippen LogP contribution is -2.07. The van der Waals surface area contributed by atoms with Gasteiger partial charge in [0.05, 0.1) is 19.8 Å². The van der Waals surface area contributed by atoms with Crippen LogP contribution in [0.15, 0.2) is 48.6 Å². The minimum Gasteiger partial charge on any atom is -0.478 e. The summed E-state index contributed by atoms with van der Waals surface area (Å²) < 4.78 is 0. The molecule has 6 N–H and O–H groups in total. The summed E-state index contributed by atoms with van der Waals surface area (Å²) in [5.74, 6) is -3.03. The van der Waals surface area contributed by atoms with Crippen LogP contribution in [0.25, 0.3) is 0 Å². The van der Waals surface area contributed by atoms with Crippen molar-refractivity contribution in [3.8, 4) is 0 Å². The number of hydrogen-bond donors (Lipinski definition) is 6. The highest BCUT2D eigenvalue weighted by atomic mass is 16.4. The molecule has 0 aliphatic carbocycles. The number of carbonyl (C=O) groups is 3. The standard InChI is InChI=1S/C6H12O3.3C4H6O2/c7-3-1-2-6(4-8)5-9;3*1-3(2)4(5)6/h1-2,6-9H,3-5H2;3*1H2,2H3,(H,5,6). The number of aliphatic hydroxyl groups is 3. The van der Waals surface area contributed by atoms with Crippen molar-refractivity contribution in [1.29, 1.82) is 0 Å². The number of rotatable bonds is 7.